The molecule has 3 nitrogen and oxygen atoms in total. The predicted molar refractivity (Wildman–Crippen MR) is 52.7 cm³/mol. The smallest absolute Gasteiger partial charge is 0.174 e. The summed E-state index contributed by atoms with van der Waals surface area (Å²) in [5.74, 6) is 0.515. The molecule has 0 aliphatic rings. The molecule has 1 aromatic rings. The van der Waals surface area contributed by atoms with Gasteiger partial charge >= 0.3 is 0 Å². The highest BCUT2D eigenvalue weighted by Gasteiger charge is 2.08. The van der Waals surface area contributed by atoms with Gasteiger partial charge in [0.25, 0.3) is 0 Å². The van der Waals surface area contributed by atoms with E-state index in [1.54, 1.807) is 24.3 Å². The number of hydrogen-bond acceptors (Lipinski definition) is 3. The molecule has 0 bridgehead atoms. The molecule has 14 heavy (non-hydrogen) atoms. The lowest BCUT2D eigenvalue weighted by molar-refractivity contribution is 0.221. The summed E-state index contributed by atoms with van der Waals surface area (Å²) < 4.78 is 5.14. The maximum atomic E-state index is 9.53. The van der Waals surface area contributed by atoms with E-state index in [0.717, 1.165) is 0 Å². The maximum absolute atomic E-state index is 9.53. The molecule has 72 valence electrons. The lowest BCUT2D eigenvalue weighted by Gasteiger charge is -2.11. The van der Waals surface area contributed by atoms with Gasteiger partial charge in [-0.2, -0.15) is 5.26 Å². The number of benzene rings is 1. The highest BCUT2D eigenvalue weighted by Crippen LogP contribution is 2.25. The van der Waals surface area contributed by atoms with E-state index in [9.17, 15) is 5.11 Å². The maximum Gasteiger partial charge on any atom is 0.174 e. The minimum absolute atomic E-state index is 0.0269. The zero-order chi connectivity index (χ0) is 10.4. The molecular weight excluding hydrogens is 178 g/mol. The molecule has 3 heteroatoms. The number of rotatable bonds is 4. The van der Waals surface area contributed by atoms with Crippen LogP contribution in [0.4, 0.5) is 0 Å². The molecule has 1 unspecified atom stereocenters. The molecular formula is C11H11NO2. The normalized spacial score (nSPS) is 11.4. The molecule has 0 radical (unpaired) electrons. The molecule has 1 N–H and O–H groups in total. The molecule has 0 aromatic heterocycles. The number of nitriles is 1. The zero-order valence-corrected chi connectivity index (χ0v) is 7.68. The Balaban J connectivity index is 2.91. The Bertz CT molecular complexity index is 355. The minimum atomic E-state index is -0.759. The standard InChI is InChI=1S/C11H11NO2/c1-2-10(13)9-5-3-4-6-11(9)14-8-7-12/h2-6,10,13H,1,8H2. The van der Waals surface area contributed by atoms with Crippen molar-refractivity contribution in [1.29, 1.82) is 5.26 Å². The summed E-state index contributed by atoms with van der Waals surface area (Å²) in [4.78, 5) is 0. The van der Waals surface area contributed by atoms with Crippen LogP contribution in [-0.4, -0.2) is 11.7 Å². The molecule has 0 aliphatic carbocycles. The SMILES string of the molecule is C=CC(O)c1ccccc1OCC#N. The number of aliphatic hydroxyl groups excluding tert-OH is 1. The first-order valence-corrected chi connectivity index (χ1v) is 4.19. The van der Waals surface area contributed by atoms with Crippen molar-refractivity contribution in [1.82, 2.24) is 0 Å². The Labute approximate surface area is 82.9 Å². The van der Waals surface area contributed by atoms with Crippen molar-refractivity contribution < 1.29 is 9.84 Å². The van der Waals surface area contributed by atoms with E-state index in [4.69, 9.17) is 10.00 Å². The Morgan fingerprint density at radius 1 is 1.57 bits per heavy atom. The Morgan fingerprint density at radius 2 is 2.29 bits per heavy atom. The summed E-state index contributed by atoms with van der Waals surface area (Å²) in [5, 5.41) is 17.9. The lowest BCUT2D eigenvalue weighted by atomic mass is 10.1. The Kier molecular flexibility index (Phi) is 3.71. The molecule has 1 aromatic carbocycles. The van der Waals surface area contributed by atoms with Crippen LogP contribution in [0.5, 0.6) is 5.75 Å². The van der Waals surface area contributed by atoms with Gasteiger partial charge in [0.05, 0.1) is 0 Å². The summed E-state index contributed by atoms with van der Waals surface area (Å²) in [5.41, 5.74) is 0.623. The summed E-state index contributed by atoms with van der Waals surface area (Å²) in [6.45, 7) is 3.46. The average molecular weight is 189 g/mol. The van der Waals surface area contributed by atoms with Crippen molar-refractivity contribution in [2.45, 2.75) is 6.10 Å². The number of ether oxygens (including phenoxy) is 1. The third-order valence-corrected chi connectivity index (χ3v) is 1.75. The minimum Gasteiger partial charge on any atom is -0.478 e. The molecule has 0 amide bonds. The van der Waals surface area contributed by atoms with Crippen LogP contribution < -0.4 is 4.74 Å². The first-order valence-electron chi connectivity index (χ1n) is 4.19. The fourth-order valence-electron chi connectivity index (χ4n) is 1.09. The van der Waals surface area contributed by atoms with E-state index >= 15 is 0 Å². The van der Waals surface area contributed by atoms with Gasteiger partial charge in [0, 0.05) is 5.56 Å². The van der Waals surface area contributed by atoms with Gasteiger partial charge in [-0.3, -0.25) is 0 Å². The van der Waals surface area contributed by atoms with Crippen LogP contribution in [0.3, 0.4) is 0 Å². The van der Waals surface area contributed by atoms with Crippen molar-refractivity contribution in [2.24, 2.45) is 0 Å². The molecule has 1 rings (SSSR count). The van der Waals surface area contributed by atoms with Gasteiger partial charge in [0.1, 0.15) is 17.9 Å². The van der Waals surface area contributed by atoms with Crippen LogP contribution in [0.1, 0.15) is 11.7 Å². The number of hydrogen-bond donors (Lipinski definition) is 1. The van der Waals surface area contributed by atoms with Crippen LogP contribution >= 0.6 is 0 Å². The monoisotopic (exact) mass is 189 g/mol. The van der Waals surface area contributed by atoms with E-state index in [1.165, 1.54) is 6.08 Å². The zero-order valence-electron chi connectivity index (χ0n) is 7.68. The van der Waals surface area contributed by atoms with Gasteiger partial charge in [-0.05, 0) is 6.07 Å². The van der Waals surface area contributed by atoms with Crippen LogP contribution in [0.25, 0.3) is 0 Å². The van der Waals surface area contributed by atoms with Crippen molar-refractivity contribution in [3.05, 3.63) is 42.5 Å². The topological polar surface area (TPSA) is 53.2 Å². The third-order valence-electron chi connectivity index (χ3n) is 1.75. The summed E-state index contributed by atoms with van der Waals surface area (Å²) in [6, 6.07) is 8.89. The van der Waals surface area contributed by atoms with E-state index in [0.29, 0.717) is 11.3 Å². The predicted octanol–water partition coefficient (Wildman–Crippen LogP) is 1.81. The van der Waals surface area contributed by atoms with Crippen molar-refractivity contribution in [3.8, 4) is 11.8 Å². The first kappa shape index (κ1) is 10.3. The van der Waals surface area contributed by atoms with Crippen molar-refractivity contribution >= 4 is 0 Å². The van der Waals surface area contributed by atoms with Crippen LogP contribution in [-0.2, 0) is 0 Å². The van der Waals surface area contributed by atoms with Gasteiger partial charge in [-0.1, -0.05) is 24.3 Å². The first-order chi connectivity index (χ1) is 6.79. The number of nitrogens with zero attached hydrogens (tertiary/aromatic N) is 1. The van der Waals surface area contributed by atoms with E-state index < -0.39 is 6.10 Å². The second-order valence-corrected chi connectivity index (χ2v) is 2.67. The van der Waals surface area contributed by atoms with Gasteiger partial charge < -0.3 is 9.84 Å². The summed E-state index contributed by atoms with van der Waals surface area (Å²) >= 11 is 0. The second-order valence-electron chi connectivity index (χ2n) is 2.67. The molecule has 1 atom stereocenters. The van der Waals surface area contributed by atoms with Crippen molar-refractivity contribution in [3.63, 3.8) is 0 Å². The second kappa shape index (κ2) is 5.05. The molecule has 0 saturated carbocycles. The lowest BCUT2D eigenvalue weighted by Crippen LogP contribution is -2.00. The number of aliphatic hydroxyl groups is 1. The van der Waals surface area contributed by atoms with Gasteiger partial charge in [0.2, 0.25) is 0 Å². The van der Waals surface area contributed by atoms with Gasteiger partial charge in [0.15, 0.2) is 6.61 Å². The van der Waals surface area contributed by atoms with E-state index in [-0.39, 0.29) is 6.61 Å². The molecule has 0 aliphatic heterocycles. The molecule has 0 heterocycles. The van der Waals surface area contributed by atoms with Gasteiger partial charge in [-0.25, -0.2) is 0 Å². The summed E-state index contributed by atoms with van der Waals surface area (Å²) in [6.07, 6.45) is 0.652. The van der Waals surface area contributed by atoms with Crippen LogP contribution in [0, 0.1) is 11.3 Å². The Hall–Kier alpha value is -1.79. The average Bonchev–Trinajstić information content (AvgIpc) is 2.25. The fraction of sp³-hybridized carbons (Fsp3) is 0.182. The third kappa shape index (κ3) is 2.35. The van der Waals surface area contributed by atoms with E-state index in [2.05, 4.69) is 6.58 Å². The Morgan fingerprint density at radius 3 is 2.93 bits per heavy atom. The fourth-order valence-corrected chi connectivity index (χ4v) is 1.09. The van der Waals surface area contributed by atoms with Crippen LogP contribution in [0.2, 0.25) is 0 Å². The number of para-hydroxylation sites is 1. The highest BCUT2D eigenvalue weighted by molar-refractivity contribution is 5.36. The van der Waals surface area contributed by atoms with Crippen molar-refractivity contribution in [2.75, 3.05) is 6.61 Å². The van der Waals surface area contributed by atoms with E-state index in [1.807, 2.05) is 6.07 Å². The highest BCUT2D eigenvalue weighted by atomic mass is 16.5. The summed E-state index contributed by atoms with van der Waals surface area (Å²) in [7, 11) is 0. The van der Waals surface area contributed by atoms with Gasteiger partial charge in [-0.15, -0.1) is 6.58 Å². The molecule has 0 spiro atoms. The molecule has 0 saturated heterocycles. The largest absolute Gasteiger partial charge is 0.478 e. The van der Waals surface area contributed by atoms with Crippen LogP contribution in [0.15, 0.2) is 36.9 Å². The quantitative estimate of drug-likeness (QED) is 0.735. The molecule has 0 fully saturated rings.